The van der Waals surface area contributed by atoms with Crippen molar-refractivity contribution >= 4 is 0 Å². The molecule has 1 heterocycles. The van der Waals surface area contributed by atoms with Gasteiger partial charge < -0.3 is 14.6 Å². The minimum atomic E-state index is -0.317. The first-order valence-electron chi connectivity index (χ1n) is 6.68. The van der Waals surface area contributed by atoms with Crippen LogP contribution in [0.3, 0.4) is 0 Å². The molecule has 2 aliphatic rings. The van der Waals surface area contributed by atoms with Crippen molar-refractivity contribution in [2.45, 2.75) is 57.2 Å². The Kier molecular flexibility index (Phi) is 4.22. The fourth-order valence-corrected chi connectivity index (χ4v) is 3.23. The Morgan fingerprint density at radius 3 is 2.50 bits per heavy atom. The first kappa shape index (κ1) is 12.3. The van der Waals surface area contributed by atoms with Gasteiger partial charge in [-0.25, -0.2) is 0 Å². The van der Waals surface area contributed by atoms with Crippen molar-refractivity contribution in [3.05, 3.63) is 0 Å². The maximum Gasteiger partial charge on any atom is 0.0986 e. The molecule has 0 aromatic rings. The molecule has 0 amide bonds. The lowest BCUT2D eigenvalue weighted by atomic mass is 9.80. The molecule has 1 unspecified atom stereocenters. The highest BCUT2D eigenvalue weighted by Gasteiger charge is 2.44. The third kappa shape index (κ3) is 2.41. The fourth-order valence-electron chi connectivity index (χ4n) is 3.23. The van der Waals surface area contributed by atoms with Gasteiger partial charge in [0, 0.05) is 32.7 Å². The zero-order chi connectivity index (χ0) is 11.4. The number of aliphatic hydroxyl groups is 1. The van der Waals surface area contributed by atoms with Crippen LogP contribution in [0.4, 0.5) is 0 Å². The molecule has 0 aromatic carbocycles. The van der Waals surface area contributed by atoms with Gasteiger partial charge in [0.05, 0.1) is 11.7 Å². The molecule has 0 bridgehead atoms. The standard InChI is InChI=1S/C13H24O3/c1-2-16-13(7-9-15-10-8-13)12(14)11-5-3-4-6-11/h11-12,14H,2-10H2,1H3. The zero-order valence-corrected chi connectivity index (χ0v) is 10.3. The fraction of sp³-hybridized carbons (Fsp3) is 1.00. The molecule has 1 N–H and O–H groups in total. The Balaban J connectivity index is 2.03. The molecule has 1 atom stereocenters. The molecule has 3 heteroatoms. The number of aliphatic hydroxyl groups excluding tert-OH is 1. The van der Waals surface area contributed by atoms with Crippen molar-refractivity contribution in [3.8, 4) is 0 Å². The van der Waals surface area contributed by atoms with Crippen molar-refractivity contribution in [1.29, 1.82) is 0 Å². The molecule has 0 aromatic heterocycles. The Morgan fingerprint density at radius 2 is 1.94 bits per heavy atom. The highest BCUT2D eigenvalue weighted by Crippen LogP contribution is 2.38. The highest BCUT2D eigenvalue weighted by molar-refractivity contribution is 4.95. The van der Waals surface area contributed by atoms with Crippen LogP contribution in [0.15, 0.2) is 0 Å². The molecular weight excluding hydrogens is 204 g/mol. The third-order valence-corrected chi connectivity index (χ3v) is 4.16. The molecule has 1 aliphatic carbocycles. The average Bonchev–Trinajstić information content (AvgIpc) is 2.83. The van der Waals surface area contributed by atoms with Crippen LogP contribution < -0.4 is 0 Å². The lowest BCUT2D eigenvalue weighted by Gasteiger charge is -2.42. The molecule has 1 saturated heterocycles. The van der Waals surface area contributed by atoms with E-state index in [0.717, 1.165) is 38.9 Å². The molecule has 94 valence electrons. The molecule has 1 saturated carbocycles. The molecule has 16 heavy (non-hydrogen) atoms. The Bertz CT molecular complexity index is 200. The molecule has 2 rings (SSSR count). The first-order chi connectivity index (χ1) is 7.78. The molecule has 0 spiro atoms. The van der Waals surface area contributed by atoms with Gasteiger partial charge in [-0.1, -0.05) is 12.8 Å². The lowest BCUT2D eigenvalue weighted by Crippen LogP contribution is -2.51. The van der Waals surface area contributed by atoms with E-state index in [9.17, 15) is 5.11 Å². The second kappa shape index (κ2) is 5.48. The quantitative estimate of drug-likeness (QED) is 0.801. The van der Waals surface area contributed by atoms with E-state index >= 15 is 0 Å². The lowest BCUT2D eigenvalue weighted by molar-refractivity contribution is -0.179. The number of ether oxygens (including phenoxy) is 2. The highest BCUT2D eigenvalue weighted by atomic mass is 16.5. The summed E-state index contributed by atoms with van der Waals surface area (Å²) in [7, 11) is 0. The van der Waals surface area contributed by atoms with Crippen LogP contribution >= 0.6 is 0 Å². The van der Waals surface area contributed by atoms with E-state index in [2.05, 4.69) is 0 Å². The third-order valence-electron chi connectivity index (χ3n) is 4.16. The predicted molar refractivity (Wildman–Crippen MR) is 62.4 cm³/mol. The summed E-state index contributed by atoms with van der Waals surface area (Å²) in [6.45, 7) is 4.15. The predicted octanol–water partition coefficient (Wildman–Crippen LogP) is 2.12. The molecule has 0 radical (unpaired) electrons. The van der Waals surface area contributed by atoms with Gasteiger partial charge in [-0.2, -0.15) is 0 Å². The average molecular weight is 228 g/mol. The first-order valence-corrected chi connectivity index (χ1v) is 6.68. The van der Waals surface area contributed by atoms with Crippen LogP contribution in [0.25, 0.3) is 0 Å². The van der Waals surface area contributed by atoms with Crippen molar-refractivity contribution < 1.29 is 14.6 Å². The van der Waals surface area contributed by atoms with Crippen molar-refractivity contribution in [2.24, 2.45) is 5.92 Å². The SMILES string of the molecule is CCOC1(C(O)C2CCCC2)CCOCC1. The van der Waals surface area contributed by atoms with Crippen LogP contribution in [0.5, 0.6) is 0 Å². The van der Waals surface area contributed by atoms with E-state index in [1.54, 1.807) is 0 Å². The molecule has 2 fully saturated rings. The van der Waals surface area contributed by atoms with Crippen molar-refractivity contribution in [3.63, 3.8) is 0 Å². The van der Waals surface area contributed by atoms with E-state index in [-0.39, 0.29) is 11.7 Å². The smallest absolute Gasteiger partial charge is 0.0986 e. The van der Waals surface area contributed by atoms with E-state index < -0.39 is 0 Å². The zero-order valence-electron chi connectivity index (χ0n) is 10.3. The van der Waals surface area contributed by atoms with Crippen LogP contribution in [0, 0.1) is 5.92 Å². The van der Waals surface area contributed by atoms with E-state index in [4.69, 9.17) is 9.47 Å². The van der Waals surface area contributed by atoms with E-state index in [1.165, 1.54) is 12.8 Å². The molecular formula is C13H24O3. The monoisotopic (exact) mass is 228 g/mol. The van der Waals surface area contributed by atoms with Gasteiger partial charge in [0.1, 0.15) is 0 Å². The van der Waals surface area contributed by atoms with Gasteiger partial charge in [-0.05, 0) is 25.7 Å². The van der Waals surface area contributed by atoms with Gasteiger partial charge in [0.2, 0.25) is 0 Å². The molecule has 3 nitrogen and oxygen atoms in total. The van der Waals surface area contributed by atoms with Crippen molar-refractivity contribution in [1.82, 2.24) is 0 Å². The van der Waals surface area contributed by atoms with Gasteiger partial charge in [-0.15, -0.1) is 0 Å². The normalized spacial score (nSPS) is 28.1. The van der Waals surface area contributed by atoms with Crippen molar-refractivity contribution in [2.75, 3.05) is 19.8 Å². The number of rotatable bonds is 4. The van der Waals surface area contributed by atoms with E-state index in [1.807, 2.05) is 6.92 Å². The maximum atomic E-state index is 10.6. The Morgan fingerprint density at radius 1 is 1.31 bits per heavy atom. The van der Waals surface area contributed by atoms with Crippen LogP contribution in [0.2, 0.25) is 0 Å². The molecule has 1 aliphatic heterocycles. The van der Waals surface area contributed by atoms with E-state index in [0.29, 0.717) is 12.5 Å². The van der Waals surface area contributed by atoms with Crippen LogP contribution in [-0.2, 0) is 9.47 Å². The summed E-state index contributed by atoms with van der Waals surface area (Å²) in [5, 5.41) is 10.6. The van der Waals surface area contributed by atoms with Crippen LogP contribution in [0.1, 0.15) is 45.4 Å². The number of hydrogen-bond acceptors (Lipinski definition) is 3. The van der Waals surface area contributed by atoms with Gasteiger partial charge in [0.15, 0.2) is 0 Å². The summed E-state index contributed by atoms with van der Waals surface area (Å²) in [6, 6.07) is 0. The summed E-state index contributed by atoms with van der Waals surface area (Å²) in [6.07, 6.45) is 6.25. The maximum absolute atomic E-state index is 10.6. The Labute approximate surface area is 98.1 Å². The van der Waals surface area contributed by atoms with Crippen LogP contribution in [-0.4, -0.2) is 36.6 Å². The summed E-state index contributed by atoms with van der Waals surface area (Å²) in [5.74, 6) is 0.449. The topological polar surface area (TPSA) is 38.7 Å². The summed E-state index contributed by atoms with van der Waals surface area (Å²) >= 11 is 0. The minimum Gasteiger partial charge on any atom is -0.390 e. The van der Waals surface area contributed by atoms with Gasteiger partial charge in [0.25, 0.3) is 0 Å². The minimum absolute atomic E-state index is 0.293. The largest absolute Gasteiger partial charge is 0.390 e. The summed E-state index contributed by atoms with van der Waals surface area (Å²) < 4.78 is 11.3. The summed E-state index contributed by atoms with van der Waals surface area (Å²) in [5.41, 5.74) is -0.317. The van der Waals surface area contributed by atoms with Gasteiger partial charge >= 0.3 is 0 Å². The Hall–Kier alpha value is -0.120. The van der Waals surface area contributed by atoms with Gasteiger partial charge in [-0.3, -0.25) is 0 Å². The second-order valence-corrected chi connectivity index (χ2v) is 5.10. The number of hydrogen-bond donors (Lipinski definition) is 1. The second-order valence-electron chi connectivity index (χ2n) is 5.10. The summed E-state index contributed by atoms with van der Waals surface area (Å²) in [4.78, 5) is 0.